The first-order valence-electron chi connectivity index (χ1n) is 9.10. The first-order chi connectivity index (χ1) is 12.0. The van der Waals surface area contributed by atoms with Crippen LogP contribution in [0.1, 0.15) is 25.7 Å². The fraction of sp³-hybridized carbons (Fsp3) is 0.667. The molecule has 0 bridgehead atoms. The van der Waals surface area contributed by atoms with E-state index in [4.69, 9.17) is 0 Å². The molecule has 3 rings (SSSR count). The normalized spacial score (nSPS) is 24.0. The smallest absolute Gasteiger partial charge is 0.322 e. The van der Waals surface area contributed by atoms with Crippen LogP contribution in [-0.2, 0) is 0 Å². The van der Waals surface area contributed by atoms with Crippen molar-refractivity contribution in [3.05, 3.63) is 18.3 Å². The van der Waals surface area contributed by atoms with Gasteiger partial charge in [0.25, 0.3) is 0 Å². The summed E-state index contributed by atoms with van der Waals surface area (Å²) in [4.78, 5) is 23.1. The zero-order valence-electron chi connectivity index (χ0n) is 15.2. The number of carbonyl (C=O) groups is 1. The van der Waals surface area contributed by atoms with Crippen LogP contribution < -0.4 is 10.2 Å². The van der Waals surface area contributed by atoms with Crippen molar-refractivity contribution in [1.29, 1.82) is 0 Å². The average molecular weight is 347 g/mol. The van der Waals surface area contributed by atoms with E-state index in [0.29, 0.717) is 19.6 Å². The number of hydrogen-bond acceptors (Lipinski definition) is 5. The number of amides is 2. The predicted octanol–water partition coefficient (Wildman–Crippen LogP) is 1.60. The minimum atomic E-state index is -0.841. The number of aromatic nitrogens is 1. The topological polar surface area (TPSA) is 71.9 Å². The minimum absolute atomic E-state index is 0.162. The molecule has 3 heterocycles. The lowest BCUT2D eigenvalue weighted by molar-refractivity contribution is -0.0333. The van der Waals surface area contributed by atoms with Crippen LogP contribution in [-0.4, -0.2) is 78.3 Å². The van der Waals surface area contributed by atoms with Crippen molar-refractivity contribution in [1.82, 2.24) is 14.8 Å². The fourth-order valence-electron chi connectivity index (χ4n) is 3.87. The molecule has 138 valence electrons. The van der Waals surface area contributed by atoms with Gasteiger partial charge in [-0.15, -0.1) is 0 Å². The molecule has 1 unspecified atom stereocenters. The predicted molar refractivity (Wildman–Crippen MR) is 99.0 cm³/mol. The third-order valence-corrected chi connectivity index (χ3v) is 4.89. The zero-order chi connectivity index (χ0) is 17.9. The summed E-state index contributed by atoms with van der Waals surface area (Å²) in [6.07, 6.45) is 5.62. The first-order valence-corrected chi connectivity index (χ1v) is 9.10. The van der Waals surface area contributed by atoms with E-state index in [1.54, 1.807) is 11.1 Å². The van der Waals surface area contributed by atoms with Crippen molar-refractivity contribution in [3.8, 4) is 0 Å². The van der Waals surface area contributed by atoms with E-state index in [1.807, 2.05) is 31.1 Å². The molecule has 2 amide bonds. The summed E-state index contributed by atoms with van der Waals surface area (Å²) >= 11 is 0. The van der Waals surface area contributed by atoms with Gasteiger partial charge in [0.05, 0.1) is 17.8 Å². The number of nitrogens with zero attached hydrogens (tertiary/aromatic N) is 4. The van der Waals surface area contributed by atoms with Crippen LogP contribution in [0.15, 0.2) is 18.3 Å². The Morgan fingerprint density at radius 3 is 2.80 bits per heavy atom. The van der Waals surface area contributed by atoms with E-state index in [9.17, 15) is 9.90 Å². The molecule has 1 aromatic heterocycles. The van der Waals surface area contributed by atoms with Crippen molar-refractivity contribution in [2.75, 3.05) is 57.0 Å². The van der Waals surface area contributed by atoms with Gasteiger partial charge in [0.2, 0.25) is 0 Å². The molecular formula is C18H29N5O2. The van der Waals surface area contributed by atoms with Crippen LogP contribution in [0.2, 0.25) is 0 Å². The molecule has 0 spiro atoms. The van der Waals surface area contributed by atoms with Gasteiger partial charge in [-0.2, -0.15) is 0 Å². The lowest BCUT2D eigenvalue weighted by atomic mass is 9.92. The largest absolute Gasteiger partial charge is 0.387 e. The molecule has 0 aliphatic carbocycles. The Hall–Kier alpha value is -1.86. The van der Waals surface area contributed by atoms with Gasteiger partial charge in [-0.25, -0.2) is 9.78 Å². The fourth-order valence-corrected chi connectivity index (χ4v) is 3.87. The van der Waals surface area contributed by atoms with E-state index in [0.717, 1.165) is 50.3 Å². The number of hydrogen-bond donors (Lipinski definition) is 2. The summed E-state index contributed by atoms with van der Waals surface area (Å²) in [7, 11) is 3.88. The summed E-state index contributed by atoms with van der Waals surface area (Å²) in [5.74, 6) is 0.842. The third-order valence-electron chi connectivity index (χ3n) is 4.89. The van der Waals surface area contributed by atoms with E-state index < -0.39 is 5.60 Å². The molecule has 2 saturated heterocycles. The number of nitrogens with one attached hydrogen (secondary N) is 1. The van der Waals surface area contributed by atoms with Crippen LogP contribution in [0.5, 0.6) is 0 Å². The SMILES string of the molecule is CN(C)CC1(O)CCCN(C(=O)Nc2cccnc2N2CCCC2)C1. The molecule has 0 saturated carbocycles. The number of urea groups is 1. The van der Waals surface area contributed by atoms with Crippen molar-refractivity contribution >= 4 is 17.5 Å². The quantitative estimate of drug-likeness (QED) is 0.866. The second kappa shape index (κ2) is 7.58. The summed E-state index contributed by atoms with van der Waals surface area (Å²) in [6.45, 7) is 3.54. The lowest BCUT2D eigenvalue weighted by Crippen LogP contribution is -2.55. The Morgan fingerprint density at radius 1 is 1.32 bits per heavy atom. The molecule has 1 aromatic rings. The van der Waals surface area contributed by atoms with Crippen molar-refractivity contribution in [2.24, 2.45) is 0 Å². The summed E-state index contributed by atoms with van der Waals surface area (Å²) in [6, 6.07) is 3.58. The van der Waals surface area contributed by atoms with Gasteiger partial charge >= 0.3 is 6.03 Å². The zero-order valence-corrected chi connectivity index (χ0v) is 15.2. The van der Waals surface area contributed by atoms with Crippen molar-refractivity contribution in [3.63, 3.8) is 0 Å². The third kappa shape index (κ3) is 4.41. The van der Waals surface area contributed by atoms with Crippen LogP contribution in [0.4, 0.5) is 16.3 Å². The Morgan fingerprint density at radius 2 is 2.08 bits per heavy atom. The van der Waals surface area contributed by atoms with Crippen molar-refractivity contribution < 1.29 is 9.90 Å². The van der Waals surface area contributed by atoms with E-state index >= 15 is 0 Å². The van der Waals surface area contributed by atoms with E-state index in [2.05, 4.69) is 15.2 Å². The molecule has 1 atom stereocenters. The molecule has 2 N–H and O–H groups in total. The lowest BCUT2D eigenvalue weighted by Gasteiger charge is -2.40. The Labute approximate surface area is 149 Å². The highest BCUT2D eigenvalue weighted by Crippen LogP contribution is 2.27. The average Bonchev–Trinajstić information content (AvgIpc) is 3.08. The molecule has 2 aliphatic heterocycles. The van der Waals surface area contributed by atoms with Gasteiger partial charge in [-0.3, -0.25) is 0 Å². The monoisotopic (exact) mass is 347 g/mol. The van der Waals surface area contributed by atoms with Gasteiger partial charge in [0.15, 0.2) is 5.82 Å². The molecule has 25 heavy (non-hydrogen) atoms. The van der Waals surface area contributed by atoms with Gasteiger partial charge in [0, 0.05) is 32.4 Å². The molecule has 2 aliphatic rings. The van der Waals surface area contributed by atoms with Crippen LogP contribution in [0.3, 0.4) is 0 Å². The van der Waals surface area contributed by atoms with Crippen molar-refractivity contribution in [2.45, 2.75) is 31.3 Å². The number of piperidine rings is 1. The second-order valence-corrected chi connectivity index (χ2v) is 7.49. The molecule has 2 fully saturated rings. The summed E-state index contributed by atoms with van der Waals surface area (Å²) < 4.78 is 0. The van der Waals surface area contributed by atoms with Gasteiger partial charge in [-0.05, 0) is 51.9 Å². The van der Waals surface area contributed by atoms with E-state index in [-0.39, 0.29) is 6.03 Å². The Bertz CT molecular complexity index is 603. The molecular weight excluding hydrogens is 318 g/mol. The first kappa shape index (κ1) is 17.9. The Balaban J connectivity index is 1.68. The standard InChI is InChI=1S/C18H29N5O2/c1-21(2)13-18(25)8-6-12-23(14-18)17(24)20-15-7-5-9-19-16(15)22-10-3-4-11-22/h5,7,9,25H,3-4,6,8,10-14H2,1-2H3,(H,20,24). The molecule has 0 aromatic carbocycles. The van der Waals surface area contributed by atoms with Gasteiger partial charge < -0.3 is 25.1 Å². The number of carbonyl (C=O) groups excluding carboxylic acids is 1. The highest BCUT2D eigenvalue weighted by molar-refractivity contribution is 5.92. The molecule has 7 nitrogen and oxygen atoms in total. The number of pyridine rings is 1. The van der Waals surface area contributed by atoms with Gasteiger partial charge in [-0.1, -0.05) is 0 Å². The van der Waals surface area contributed by atoms with Crippen LogP contribution >= 0.6 is 0 Å². The van der Waals surface area contributed by atoms with Crippen LogP contribution in [0.25, 0.3) is 0 Å². The molecule has 7 heteroatoms. The second-order valence-electron chi connectivity index (χ2n) is 7.49. The highest BCUT2D eigenvalue weighted by atomic mass is 16.3. The number of likely N-dealkylation sites (N-methyl/N-ethyl adjacent to an activating group) is 1. The minimum Gasteiger partial charge on any atom is -0.387 e. The summed E-state index contributed by atoms with van der Waals surface area (Å²) in [5, 5.41) is 13.8. The van der Waals surface area contributed by atoms with E-state index in [1.165, 1.54) is 0 Å². The number of aliphatic hydroxyl groups is 1. The number of anilines is 2. The Kier molecular flexibility index (Phi) is 5.44. The van der Waals surface area contributed by atoms with Crippen LogP contribution in [0, 0.1) is 0 Å². The van der Waals surface area contributed by atoms with Gasteiger partial charge in [0.1, 0.15) is 0 Å². The number of β-amino-alcohol motifs (C(OH)–C–C–N with tert-alkyl or cyclic N) is 1. The summed E-state index contributed by atoms with van der Waals surface area (Å²) in [5.41, 5.74) is -0.0950. The maximum absolute atomic E-state index is 12.8. The maximum atomic E-state index is 12.8. The number of rotatable bonds is 4. The maximum Gasteiger partial charge on any atom is 0.322 e. The highest BCUT2D eigenvalue weighted by Gasteiger charge is 2.35. The number of likely N-dealkylation sites (tertiary alicyclic amines) is 1. The molecule has 0 radical (unpaired) electrons.